The van der Waals surface area contributed by atoms with Crippen molar-refractivity contribution in [1.29, 1.82) is 0 Å². The minimum atomic E-state index is -1.11. The van der Waals surface area contributed by atoms with Crippen molar-refractivity contribution in [3.63, 3.8) is 0 Å². The molecular weight excluding hydrogens is 212 g/mol. The van der Waals surface area contributed by atoms with Crippen molar-refractivity contribution in [1.82, 2.24) is 10.8 Å². The Hall–Kier alpha value is -1.30. The van der Waals surface area contributed by atoms with E-state index in [2.05, 4.69) is 15.6 Å². The molecule has 3 N–H and O–H groups in total. The number of hydroxylamine groups is 1. The maximum atomic E-state index is 11.4. The second-order valence-corrected chi connectivity index (χ2v) is 4.46. The van der Waals surface area contributed by atoms with E-state index in [4.69, 9.17) is 5.11 Å². The van der Waals surface area contributed by atoms with Gasteiger partial charge in [-0.2, -0.15) is 0 Å². The van der Waals surface area contributed by atoms with Gasteiger partial charge in [0, 0.05) is 6.04 Å². The summed E-state index contributed by atoms with van der Waals surface area (Å²) < 4.78 is 0. The first-order valence-electron chi connectivity index (χ1n) is 5.57. The van der Waals surface area contributed by atoms with Gasteiger partial charge in [0.15, 0.2) is 6.61 Å². The Morgan fingerprint density at radius 3 is 2.25 bits per heavy atom. The quantitative estimate of drug-likeness (QED) is 0.577. The van der Waals surface area contributed by atoms with Gasteiger partial charge in [0.25, 0.3) is 0 Å². The fraction of sp³-hybridized carbons (Fsp3) is 0.800. The highest BCUT2D eigenvalue weighted by Gasteiger charge is 2.42. The maximum Gasteiger partial charge on any atom is 0.338 e. The third-order valence-corrected chi connectivity index (χ3v) is 2.92. The number of hydrogen-bond donors (Lipinski definition) is 3. The van der Waals surface area contributed by atoms with Crippen molar-refractivity contribution in [2.75, 3.05) is 6.61 Å². The second kappa shape index (κ2) is 4.69. The van der Waals surface area contributed by atoms with Gasteiger partial charge in [-0.25, -0.2) is 15.1 Å². The molecule has 0 saturated heterocycles. The van der Waals surface area contributed by atoms with Gasteiger partial charge in [0.2, 0.25) is 0 Å². The minimum Gasteiger partial charge on any atom is -0.479 e. The van der Waals surface area contributed by atoms with Gasteiger partial charge in [-0.15, -0.1) is 0 Å². The van der Waals surface area contributed by atoms with E-state index in [0.717, 1.165) is 0 Å². The minimum absolute atomic E-state index is 0.244. The molecule has 2 fully saturated rings. The average Bonchev–Trinajstić information content (AvgIpc) is 3.06. The molecule has 2 saturated carbocycles. The first-order valence-corrected chi connectivity index (χ1v) is 5.57. The molecule has 90 valence electrons. The first kappa shape index (κ1) is 11.2. The van der Waals surface area contributed by atoms with Gasteiger partial charge >= 0.3 is 12.0 Å². The Morgan fingerprint density at radius 2 is 1.81 bits per heavy atom. The van der Waals surface area contributed by atoms with E-state index in [9.17, 15) is 9.59 Å². The van der Waals surface area contributed by atoms with Crippen LogP contribution in [0.15, 0.2) is 0 Å². The molecule has 2 aliphatic carbocycles. The van der Waals surface area contributed by atoms with Gasteiger partial charge < -0.3 is 10.4 Å². The highest BCUT2D eigenvalue weighted by atomic mass is 16.7. The monoisotopic (exact) mass is 228 g/mol. The molecule has 0 aromatic rings. The molecule has 0 heterocycles. The summed E-state index contributed by atoms with van der Waals surface area (Å²) in [7, 11) is 0. The molecular formula is C10H16N2O4. The third-order valence-electron chi connectivity index (χ3n) is 2.92. The number of nitrogens with one attached hydrogen (secondary N) is 2. The molecule has 2 aliphatic rings. The molecule has 0 aliphatic heterocycles. The van der Waals surface area contributed by atoms with E-state index in [1.807, 2.05) is 0 Å². The Labute approximate surface area is 93.3 Å². The molecule has 2 rings (SSSR count). The van der Waals surface area contributed by atoms with Crippen LogP contribution >= 0.6 is 0 Å². The summed E-state index contributed by atoms with van der Waals surface area (Å²) in [5.41, 5.74) is 2.08. The fourth-order valence-corrected chi connectivity index (χ4v) is 1.88. The summed E-state index contributed by atoms with van der Waals surface area (Å²) in [6.07, 6.45) is 4.71. The third kappa shape index (κ3) is 3.37. The predicted octanol–water partition coefficient (Wildman–Crippen LogP) is 0.490. The summed E-state index contributed by atoms with van der Waals surface area (Å²) in [5, 5.41) is 11.2. The molecule has 0 atom stereocenters. The van der Waals surface area contributed by atoms with Gasteiger partial charge in [-0.05, 0) is 37.5 Å². The molecule has 0 unspecified atom stereocenters. The molecule has 2 amide bonds. The summed E-state index contributed by atoms with van der Waals surface area (Å²) in [5.74, 6) is 0.108. The summed E-state index contributed by atoms with van der Waals surface area (Å²) in [6, 6.07) is -0.196. The fourth-order valence-electron chi connectivity index (χ4n) is 1.88. The van der Waals surface area contributed by atoms with Crippen LogP contribution in [-0.4, -0.2) is 29.8 Å². The van der Waals surface area contributed by atoms with Crippen molar-refractivity contribution >= 4 is 12.0 Å². The van der Waals surface area contributed by atoms with Crippen LogP contribution in [0.2, 0.25) is 0 Å². The zero-order valence-corrected chi connectivity index (χ0v) is 8.94. The zero-order valence-electron chi connectivity index (χ0n) is 8.94. The number of urea groups is 1. The molecule has 6 nitrogen and oxygen atoms in total. The number of aliphatic carboxylic acids is 1. The van der Waals surface area contributed by atoms with Crippen LogP contribution in [0.3, 0.4) is 0 Å². The number of carboxylic acids is 1. The van der Waals surface area contributed by atoms with Gasteiger partial charge in [0.05, 0.1) is 0 Å². The topological polar surface area (TPSA) is 87.7 Å². The number of hydrogen-bond acceptors (Lipinski definition) is 3. The number of amides is 2. The smallest absolute Gasteiger partial charge is 0.338 e. The van der Waals surface area contributed by atoms with E-state index in [1.165, 1.54) is 25.7 Å². The highest BCUT2D eigenvalue weighted by Crippen LogP contribution is 2.44. The summed E-state index contributed by atoms with van der Waals surface area (Å²) in [6.45, 7) is -0.523. The lowest BCUT2D eigenvalue weighted by Gasteiger charge is -2.17. The Bertz CT molecular complexity index is 275. The molecule has 0 radical (unpaired) electrons. The van der Waals surface area contributed by atoms with E-state index >= 15 is 0 Å². The van der Waals surface area contributed by atoms with Gasteiger partial charge in [-0.1, -0.05) is 0 Å². The van der Waals surface area contributed by atoms with E-state index in [1.54, 1.807) is 0 Å². The van der Waals surface area contributed by atoms with Gasteiger partial charge in [-0.3, -0.25) is 4.84 Å². The van der Waals surface area contributed by atoms with E-state index < -0.39 is 18.6 Å². The summed E-state index contributed by atoms with van der Waals surface area (Å²) in [4.78, 5) is 26.0. The highest BCUT2D eigenvalue weighted by molar-refractivity contribution is 5.74. The zero-order chi connectivity index (χ0) is 11.5. The lowest BCUT2D eigenvalue weighted by atomic mass is 10.1. The normalized spacial score (nSPS) is 19.6. The van der Waals surface area contributed by atoms with Crippen LogP contribution in [0.5, 0.6) is 0 Å². The van der Waals surface area contributed by atoms with Crippen LogP contribution in [0, 0.1) is 11.8 Å². The second-order valence-electron chi connectivity index (χ2n) is 4.46. The number of carbonyl (C=O) groups excluding carboxylic acids is 1. The molecule has 6 heteroatoms. The van der Waals surface area contributed by atoms with E-state index in [0.29, 0.717) is 11.8 Å². The number of carboxylic acid groups (broad SMARTS) is 1. The molecule has 0 bridgehead atoms. The van der Waals surface area contributed by atoms with E-state index in [-0.39, 0.29) is 6.04 Å². The number of carbonyl (C=O) groups is 2. The molecule has 0 aromatic carbocycles. The van der Waals surface area contributed by atoms with Crippen molar-refractivity contribution in [3.05, 3.63) is 0 Å². The molecule has 0 spiro atoms. The Balaban J connectivity index is 1.66. The van der Waals surface area contributed by atoms with Crippen LogP contribution < -0.4 is 10.8 Å². The lowest BCUT2D eigenvalue weighted by molar-refractivity contribution is -0.144. The first-order chi connectivity index (χ1) is 7.66. The predicted molar refractivity (Wildman–Crippen MR) is 54.5 cm³/mol. The number of rotatable bonds is 6. The van der Waals surface area contributed by atoms with Crippen molar-refractivity contribution < 1.29 is 19.5 Å². The van der Waals surface area contributed by atoms with Crippen molar-refractivity contribution in [2.24, 2.45) is 11.8 Å². The van der Waals surface area contributed by atoms with Crippen LogP contribution in [0.1, 0.15) is 25.7 Å². The lowest BCUT2D eigenvalue weighted by Crippen LogP contribution is -2.44. The summed E-state index contributed by atoms with van der Waals surface area (Å²) >= 11 is 0. The average molecular weight is 228 g/mol. The largest absolute Gasteiger partial charge is 0.479 e. The SMILES string of the molecule is O=C(O)CONC(=O)NC(C1CC1)C1CC1. The van der Waals surface area contributed by atoms with Crippen LogP contribution in [-0.2, 0) is 9.63 Å². The van der Waals surface area contributed by atoms with Gasteiger partial charge in [0.1, 0.15) is 0 Å². The Kier molecular flexibility index (Phi) is 3.28. The van der Waals surface area contributed by atoms with Crippen molar-refractivity contribution in [2.45, 2.75) is 31.7 Å². The molecule has 16 heavy (non-hydrogen) atoms. The Morgan fingerprint density at radius 1 is 1.25 bits per heavy atom. The standard InChI is InChI=1S/C10H16N2O4/c13-8(14)5-16-12-10(15)11-9(6-1-2-6)7-3-4-7/h6-7,9H,1-5H2,(H,13,14)(H2,11,12,15). The maximum absolute atomic E-state index is 11.4. The van der Waals surface area contributed by atoms with Crippen LogP contribution in [0.25, 0.3) is 0 Å². The van der Waals surface area contributed by atoms with Crippen LogP contribution in [0.4, 0.5) is 4.79 Å². The molecule has 0 aromatic heterocycles. The van der Waals surface area contributed by atoms with Crippen molar-refractivity contribution in [3.8, 4) is 0 Å².